The fourth-order valence-electron chi connectivity index (χ4n) is 3.14. The van der Waals surface area contributed by atoms with Crippen LogP contribution in [-0.2, 0) is 22.7 Å². The number of carbonyl (C=O) groups is 2. The molecule has 3 rings (SSSR count). The van der Waals surface area contributed by atoms with Gasteiger partial charge in [0.25, 0.3) is 5.91 Å². The van der Waals surface area contributed by atoms with Gasteiger partial charge >= 0.3 is 5.97 Å². The van der Waals surface area contributed by atoms with Gasteiger partial charge in [0.1, 0.15) is 24.0 Å². The third kappa shape index (κ3) is 4.50. The molecule has 0 unspecified atom stereocenters. The number of aryl methyl sites for hydroxylation is 1. The number of aromatic nitrogens is 1. The van der Waals surface area contributed by atoms with Crippen molar-refractivity contribution >= 4 is 28.9 Å². The normalized spacial score (nSPS) is 11.3. The molecule has 0 spiro atoms. The second-order valence-corrected chi connectivity index (χ2v) is 6.56. The first-order chi connectivity index (χ1) is 13.9. The van der Waals surface area contributed by atoms with Crippen molar-refractivity contribution in [2.24, 2.45) is 0 Å². The maximum atomic E-state index is 13.0. The Hall–Kier alpha value is -3.92. The number of aliphatic carboxylic acids is 1. The first kappa shape index (κ1) is 19.8. The van der Waals surface area contributed by atoms with Crippen LogP contribution in [0.1, 0.15) is 16.7 Å². The van der Waals surface area contributed by atoms with E-state index in [1.165, 1.54) is 18.2 Å². The Kier molecular flexibility index (Phi) is 5.74. The highest BCUT2D eigenvalue weighted by Gasteiger charge is 2.14. The molecule has 0 aliphatic carbocycles. The molecule has 7 heteroatoms. The summed E-state index contributed by atoms with van der Waals surface area (Å²) in [6.07, 6.45) is 3.07. The minimum Gasteiger partial charge on any atom is -0.480 e. The lowest BCUT2D eigenvalue weighted by Gasteiger charge is -2.04. The van der Waals surface area contributed by atoms with Gasteiger partial charge in [-0.05, 0) is 36.3 Å². The Morgan fingerprint density at radius 1 is 1.24 bits per heavy atom. The Morgan fingerprint density at radius 2 is 1.97 bits per heavy atom. The largest absolute Gasteiger partial charge is 0.480 e. The van der Waals surface area contributed by atoms with Crippen molar-refractivity contribution in [3.63, 3.8) is 0 Å². The van der Waals surface area contributed by atoms with Gasteiger partial charge in [0, 0.05) is 23.7 Å². The third-order valence-electron chi connectivity index (χ3n) is 4.47. The summed E-state index contributed by atoms with van der Waals surface area (Å²) in [6, 6.07) is 13.1. The summed E-state index contributed by atoms with van der Waals surface area (Å²) in [5.74, 6) is -1.92. The van der Waals surface area contributed by atoms with Crippen LogP contribution >= 0.6 is 0 Å². The summed E-state index contributed by atoms with van der Waals surface area (Å²) in [7, 11) is 0. The van der Waals surface area contributed by atoms with Crippen LogP contribution in [0.4, 0.5) is 4.39 Å². The van der Waals surface area contributed by atoms with E-state index in [1.807, 2.05) is 31.2 Å². The van der Waals surface area contributed by atoms with E-state index < -0.39 is 11.9 Å². The zero-order chi connectivity index (χ0) is 21.0. The molecule has 6 nitrogen and oxygen atoms in total. The number of nitrogens with one attached hydrogen (secondary N) is 1. The lowest BCUT2D eigenvalue weighted by Crippen LogP contribution is -2.23. The number of para-hydroxylation sites is 1. The highest BCUT2D eigenvalue weighted by molar-refractivity contribution is 6.04. The molecule has 2 N–H and O–H groups in total. The van der Waals surface area contributed by atoms with Crippen LogP contribution < -0.4 is 5.32 Å². The number of nitrogens with zero attached hydrogens (tertiary/aromatic N) is 2. The van der Waals surface area contributed by atoms with Gasteiger partial charge in [0.05, 0.1) is 5.52 Å². The smallest absolute Gasteiger partial charge is 0.323 e. The number of halogens is 1. The molecule has 0 radical (unpaired) electrons. The van der Waals surface area contributed by atoms with Crippen molar-refractivity contribution in [3.05, 3.63) is 76.7 Å². The van der Waals surface area contributed by atoms with E-state index in [0.29, 0.717) is 11.1 Å². The van der Waals surface area contributed by atoms with E-state index >= 15 is 0 Å². The highest BCUT2D eigenvalue weighted by atomic mass is 19.1. The molecule has 2 aromatic carbocycles. The Morgan fingerprint density at radius 3 is 2.62 bits per heavy atom. The van der Waals surface area contributed by atoms with Gasteiger partial charge in [0.15, 0.2) is 0 Å². The van der Waals surface area contributed by atoms with E-state index in [-0.39, 0.29) is 24.5 Å². The lowest BCUT2D eigenvalue weighted by atomic mass is 10.1. The van der Waals surface area contributed by atoms with E-state index in [4.69, 9.17) is 5.11 Å². The summed E-state index contributed by atoms with van der Waals surface area (Å²) in [6.45, 7) is 1.79. The molecule has 1 aromatic heterocycles. The number of carboxylic acids is 1. The fraction of sp³-hybridized carbons (Fsp3) is 0.136. The van der Waals surface area contributed by atoms with Gasteiger partial charge < -0.3 is 15.0 Å². The maximum absolute atomic E-state index is 13.0. The first-order valence-electron chi connectivity index (χ1n) is 8.83. The number of amides is 1. The number of fused-ring (bicyclic) bond motifs is 1. The van der Waals surface area contributed by atoms with Crippen molar-refractivity contribution < 1.29 is 19.1 Å². The number of hydrogen-bond acceptors (Lipinski definition) is 3. The zero-order valence-corrected chi connectivity index (χ0v) is 15.6. The van der Waals surface area contributed by atoms with E-state index in [0.717, 1.165) is 16.5 Å². The molecule has 0 saturated carbocycles. The number of carbonyl (C=O) groups excluding carboxylic acids is 1. The summed E-state index contributed by atoms with van der Waals surface area (Å²) in [5.41, 5.74) is 2.81. The fourth-order valence-corrected chi connectivity index (χ4v) is 3.14. The molecule has 0 aliphatic heterocycles. The number of rotatable bonds is 6. The minimum absolute atomic E-state index is 0.108. The van der Waals surface area contributed by atoms with E-state index in [1.54, 1.807) is 22.9 Å². The quantitative estimate of drug-likeness (QED) is 0.497. The molecule has 0 fully saturated rings. The highest BCUT2D eigenvalue weighted by Crippen LogP contribution is 2.26. The molecule has 0 aliphatic rings. The molecular formula is C22H18FN3O3. The van der Waals surface area contributed by atoms with E-state index in [2.05, 4.69) is 5.32 Å². The average Bonchev–Trinajstić information content (AvgIpc) is 3.03. The molecule has 1 amide bonds. The maximum Gasteiger partial charge on any atom is 0.323 e. The molecule has 0 bridgehead atoms. The van der Waals surface area contributed by atoms with Gasteiger partial charge in [-0.1, -0.05) is 30.3 Å². The van der Waals surface area contributed by atoms with Crippen molar-refractivity contribution in [1.29, 1.82) is 5.26 Å². The number of nitriles is 1. The summed E-state index contributed by atoms with van der Waals surface area (Å²) >= 11 is 0. The molecule has 3 aromatic rings. The first-order valence-corrected chi connectivity index (χ1v) is 8.83. The van der Waals surface area contributed by atoms with Crippen molar-refractivity contribution in [2.75, 3.05) is 0 Å². The van der Waals surface area contributed by atoms with Crippen LogP contribution in [0.5, 0.6) is 0 Å². The Bertz CT molecular complexity index is 1150. The third-order valence-corrected chi connectivity index (χ3v) is 4.47. The summed E-state index contributed by atoms with van der Waals surface area (Å²) in [5, 5.41) is 22.0. The van der Waals surface area contributed by atoms with Crippen molar-refractivity contribution in [3.8, 4) is 6.07 Å². The van der Waals surface area contributed by atoms with Crippen LogP contribution in [-0.4, -0.2) is 21.6 Å². The predicted molar refractivity (Wildman–Crippen MR) is 106 cm³/mol. The van der Waals surface area contributed by atoms with Gasteiger partial charge in [-0.25, -0.2) is 4.39 Å². The Labute approximate surface area is 166 Å². The standard InChI is InChI=1S/C22H18FN3O3/c1-14-3-2-4-19-17(12-26(21(14)19)13-20(27)28)9-16(10-24)22(29)25-11-15-5-7-18(23)8-6-15/h2-9,12H,11,13H2,1H3,(H,25,29)(H,27,28)/b16-9+. The Balaban J connectivity index is 1.90. The van der Waals surface area contributed by atoms with Crippen LogP contribution in [0.25, 0.3) is 17.0 Å². The topological polar surface area (TPSA) is 95.1 Å². The predicted octanol–water partition coefficient (Wildman–Crippen LogP) is 3.40. The van der Waals surface area contributed by atoms with Crippen LogP contribution in [0.2, 0.25) is 0 Å². The SMILES string of the molecule is Cc1cccc2c(/C=C(\C#N)C(=O)NCc3ccc(F)cc3)cn(CC(=O)O)c12. The molecule has 1 heterocycles. The zero-order valence-electron chi connectivity index (χ0n) is 15.6. The lowest BCUT2D eigenvalue weighted by molar-refractivity contribution is -0.137. The van der Waals surface area contributed by atoms with Gasteiger partial charge in [-0.15, -0.1) is 0 Å². The molecule has 0 atom stereocenters. The van der Waals surface area contributed by atoms with Gasteiger partial charge in [-0.3, -0.25) is 9.59 Å². The van der Waals surface area contributed by atoms with Gasteiger partial charge in [-0.2, -0.15) is 5.26 Å². The summed E-state index contributed by atoms with van der Waals surface area (Å²) in [4.78, 5) is 23.6. The number of benzene rings is 2. The monoisotopic (exact) mass is 391 g/mol. The van der Waals surface area contributed by atoms with Gasteiger partial charge in [0.2, 0.25) is 0 Å². The summed E-state index contributed by atoms with van der Waals surface area (Å²) < 4.78 is 14.6. The number of carboxylic acid groups (broad SMARTS) is 1. The average molecular weight is 391 g/mol. The second-order valence-electron chi connectivity index (χ2n) is 6.56. The van der Waals surface area contributed by atoms with Crippen molar-refractivity contribution in [2.45, 2.75) is 20.0 Å². The van der Waals surface area contributed by atoms with Crippen molar-refractivity contribution in [1.82, 2.24) is 9.88 Å². The molecular weight excluding hydrogens is 373 g/mol. The molecule has 146 valence electrons. The van der Waals surface area contributed by atoms with Crippen LogP contribution in [0, 0.1) is 24.1 Å². The molecule has 29 heavy (non-hydrogen) atoms. The van der Waals surface area contributed by atoms with Crippen LogP contribution in [0.15, 0.2) is 54.2 Å². The van der Waals surface area contributed by atoms with Crippen LogP contribution in [0.3, 0.4) is 0 Å². The minimum atomic E-state index is -0.988. The van der Waals surface area contributed by atoms with E-state index in [9.17, 15) is 19.2 Å². The molecule has 0 saturated heterocycles. The second kappa shape index (κ2) is 8.40. The number of hydrogen-bond donors (Lipinski definition) is 2.